The third kappa shape index (κ3) is 3.44. The molecule has 0 aliphatic carbocycles. The van der Waals surface area contributed by atoms with Crippen LogP contribution in [-0.4, -0.2) is 44.6 Å². The summed E-state index contributed by atoms with van der Waals surface area (Å²) >= 11 is 0. The molecule has 0 spiro atoms. The molecule has 8 nitrogen and oxygen atoms in total. The van der Waals surface area contributed by atoms with Gasteiger partial charge in [0.2, 0.25) is 5.91 Å². The Bertz CT molecular complexity index is 985. The topological polar surface area (TPSA) is 93.3 Å². The number of hydrogen-bond acceptors (Lipinski definition) is 5. The summed E-state index contributed by atoms with van der Waals surface area (Å²) in [6.45, 7) is 4.88. The lowest BCUT2D eigenvalue weighted by atomic mass is 9.95. The number of nitrogens with zero attached hydrogens (tertiary/aromatic N) is 4. The summed E-state index contributed by atoms with van der Waals surface area (Å²) in [5, 5.41) is 7.02. The first-order chi connectivity index (χ1) is 13.7. The second kappa shape index (κ2) is 7.51. The molecule has 1 aromatic carbocycles. The van der Waals surface area contributed by atoms with E-state index in [0.29, 0.717) is 30.1 Å². The van der Waals surface area contributed by atoms with Gasteiger partial charge in [-0.2, -0.15) is 5.10 Å². The van der Waals surface area contributed by atoms with E-state index < -0.39 is 0 Å². The van der Waals surface area contributed by atoms with Gasteiger partial charge in [0.05, 0.1) is 18.2 Å². The lowest BCUT2D eigenvalue weighted by Gasteiger charge is -2.37. The highest BCUT2D eigenvalue weighted by atomic mass is 16.3. The van der Waals surface area contributed by atoms with Crippen LogP contribution in [0.15, 0.2) is 66.2 Å². The maximum absolute atomic E-state index is 12.4. The Hall–Kier alpha value is -3.68. The largest absolute Gasteiger partial charge is 0.448 e. The van der Waals surface area contributed by atoms with Crippen molar-refractivity contribution >= 4 is 11.8 Å². The first-order valence-corrected chi connectivity index (χ1v) is 8.87. The van der Waals surface area contributed by atoms with Crippen molar-refractivity contribution in [3.05, 3.63) is 78.8 Å². The van der Waals surface area contributed by atoms with Crippen LogP contribution < -0.4 is 5.32 Å². The van der Waals surface area contributed by atoms with Crippen LogP contribution in [0.4, 0.5) is 0 Å². The normalized spacial score (nSPS) is 13.8. The van der Waals surface area contributed by atoms with Crippen LogP contribution in [0.25, 0.3) is 5.69 Å². The van der Waals surface area contributed by atoms with Gasteiger partial charge in [-0.3, -0.25) is 9.59 Å². The van der Waals surface area contributed by atoms with E-state index in [1.807, 2.05) is 24.4 Å². The summed E-state index contributed by atoms with van der Waals surface area (Å²) < 4.78 is 7.21. The molecule has 1 saturated heterocycles. The molecule has 1 aliphatic rings. The molecular weight excluding hydrogens is 358 g/mol. The molecule has 2 amide bonds. The lowest BCUT2D eigenvalue weighted by Crippen LogP contribution is -2.48. The third-order valence-corrected chi connectivity index (χ3v) is 4.73. The van der Waals surface area contributed by atoms with E-state index in [-0.39, 0.29) is 24.3 Å². The standard InChI is InChI=1S/C20H19N5O3/c1-2-18(26)24-11-15(12-24)19-17(22-13-28-19)10-21-20(27)14-4-6-16(7-5-14)25-9-3-8-23-25/h2-9,13,15H,1,10-12H2,(H,21,27). The predicted molar refractivity (Wildman–Crippen MR) is 101 cm³/mol. The summed E-state index contributed by atoms with van der Waals surface area (Å²) in [6.07, 6.45) is 6.21. The van der Waals surface area contributed by atoms with Crippen molar-refractivity contribution in [1.29, 1.82) is 0 Å². The van der Waals surface area contributed by atoms with Crippen LogP contribution in [0.2, 0.25) is 0 Å². The Balaban J connectivity index is 1.35. The van der Waals surface area contributed by atoms with Gasteiger partial charge in [-0.1, -0.05) is 6.58 Å². The molecule has 1 aliphatic heterocycles. The van der Waals surface area contributed by atoms with E-state index >= 15 is 0 Å². The number of nitrogens with one attached hydrogen (secondary N) is 1. The molecule has 8 heteroatoms. The van der Waals surface area contributed by atoms with Crippen molar-refractivity contribution in [3.8, 4) is 5.69 Å². The zero-order valence-electron chi connectivity index (χ0n) is 15.1. The summed E-state index contributed by atoms with van der Waals surface area (Å²) in [5.41, 5.74) is 2.11. The molecule has 1 N–H and O–H groups in total. The van der Waals surface area contributed by atoms with E-state index in [4.69, 9.17) is 4.42 Å². The number of oxazole rings is 1. The first kappa shape index (κ1) is 17.7. The van der Waals surface area contributed by atoms with Crippen molar-refractivity contribution in [2.75, 3.05) is 13.1 Å². The minimum atomic E-state index is -0.196. The minimum Gasteiger partial charge on any atom is -0.448 e. The van der Waals surface area contributed by atoms with Crippen LogP contribution in [-0.2, 0) is 11.3 Å². The number of aromatic nitrogens is 3. The Morgan fingerprint density at radius 3 is 2.75 bits per heavy atom. The van der Waals surface area contributed by atoms with Crippen molar-refractivity contribution in [2.24, 2.45) is 0 Å². The maximum Gasteiger partial charge on any atom is 0.251 e. The number of carbonyl (C=O) groups is 2. The molecule has 0 unspecified atom stereocenters. The second-order valence-electron chi connectivity index (χ2n) is 6.49. The molecular formula is C20H19N5O3. The average molecular weight is 377 g/mol. The van der Waals surface area contributed by atoms with Gasteiger partial charge >= 0.3 is 0 Å². The number of benzene rings is 1. The molecule has 0 radical (unpaired) electrons. The Labute approximate surface area is 161 Å². The highest BCUT2D eigenvalue weighted by Crippen LogP contribution is 2.29. The molecule has 0 atom stereocenters. The van der Waals surface area contributed by atoms with Gasteiger partial charge in [0.15, 0.2) is 6.39 Å². The van der Waals surface area contributed by atoms with Crippen molar-refractivity contribution in [2.45, 2.75) is 12.5 Å². The van der Waals surface area contributed by atoms with Crippen LogP contribution in [0.3, 0.4) is 0 Å². The summed E-state index contributed by atoms with van der Waals surface area (Å²) in [7, 11) is 0. The molecule has 28 heavy (non-hydrogen) atoms. The number of likely N-dealkylation sites (tertiary alicyclic amines) is 1. The van der Waals surface area contributed by atoms with E-state index in [2.05, 4.69) is 22.0 Å². The average Bonchev–Trinajstić information content (AvgIpc) is 3.37. The van der Waals surface area contributed by atoms with Gasteiger partial charge in [-0.05, 0) is 36.4 Å². The van der Waals surface area contributed by atoms with E-state index in [1.165, 1.54) is 12.5 Å². The molecule has 4 rings (SSSR count). The smallest absolute Gasteiger partial charge is 0.251 e. The van der Waals surface area contributed by atoms with Gasteiger partial charge < -0.3 is 14.6 Å². The number of amides is 2. The van der Waals surface area contributed by atoms with Gasteiger partial charge in [0.25, 0.3) is 5.91 Å². The van der Waals surface area contributed by atoms with Gasteiger partial charge in [-0.15, -0.1) is 0 Å². The SMILES string of the molecule is C=CC(=O)N1CC(c2ocnc2CNC(=O)c2ccc(-n3cccn3)cc2)C1. The third-order valence-electron chi connectivity index (χ3n) is 4.73. The summed E-state index contributed by atoms with van der Waals surface area (Å²) in [6, 6.07) is 9.01. The lowest BCUT2D eigenvalue weighted by molar-refractivity contribution is -0.130. The van der Waals surface area contributed by atoms with E-state index in [0.717, 1.165) is 5.69 Å². The fourth-order valence-electron chi connectivity index (χ4n) is 3.15. The monoisotopic (exact) mass is 377 g/mol. The molecule has 1 fully saturated rings. The van der Waals surface area contributed by atoms with Gasteiger partial charge in [-0.25, -0.2) is 9.67 Å². The fraction of sp³-hybridized carbons (Fsp3) is 0.200. The highest BCUT2D eigenvalue weighted by molar-refractivity contribution is 5.94. The second-order valence-corrected chi connectivity index (χ2v) is 6.49. The minimum absolute atomic E-state index is 0.0895. The van der Waals surface area contributed by atoms with Crippen molar-refractivity contribution in [1.82, 2.24) is 25.0 Å². The number of rotatable bonds is 6. The van der Waals surface area contributed by atoms with E-state index in [9.17, 15) is 9.59 Å². The van der Waals surface area contributed by atoms with Gasteiger partial charge in [0.1, 0.15) is 11.5 Å². The van der Waals surface area contributed by atoms with Crippen LogP contribution >= 0.6 is 0 Å². The molecule has 2 aromatic heterocycles. The summed E-state index contributed by atoms with van der Waals surface area (Å²) in [4.78, 5) is 29.9. The molecule has 3 heterocycles. The van der Waals surface area contributed by atoms with Gasteiger partial charge in [0, 0.05) is 31.0 Å². The van der Waals surface area contributed by atoms with E-state index in [1.54, 1.807) is 27.9 Å². The maximum atomic E-state index is 12.4. The molecule has 3 aromatic rings. The Kier molecular flexibility index (Phi) is 4.76. The zero-order valence-corrected chi connectivity index (χ0v) is 15.1. The van der Waals surface area contributed by atoms with Crippen molar-refractivity contribution in [3.63, 3.8) is 0 Å². The van der Waals surface area contributed by atoms with Crippen LogP contribution in [0.5, 0.6) is 0 Å². The quantitative estimate of drug-likeness (QED) is 0.662. The molecule has 0 bridgehead atoms. The highest BCUT2D eigenvalue weighted by Gasteiger charge is 2.34. The molecule has 0 saturated carbocycles. The van der Waals surface area contributed by atoms with Crippen LogP contribution in [0.1, 0.15) is 27.7 Å². The predicted octanol–water partition coefficient (Wildman–Crippen LogP) is 1.90. The zero-order chi connectivity index (χ0) is 19.5. The van der Waals surface area contributed by atoms with Crippen LogP contribution in [0, 0.1) is 0 Å². The fourth-order valence-corrected chi connectivity index (χ4v) is 3.15. The first-order valence-electron chi connectivity index (χ1n) is 8.87. The number of carbonyl (C=O) groups excluding carboxylic acids is 2. The Morgan fingerprint density at radius 2 is 2.07 bits per heavy atom. The summed E-state index contributed by atoms with van der Waals surface area (Å²) in [5.74, 6) is 0.510. The molecule has 142 valence electrons. The Morgan fingerprint density at radius 1 is 1.29 bits per heavy atom. The number of hydrogen-bond donors (Lipinski definition) is 1. The van der Waals surface area contributed by atoms with Crippen molar-refractivity contribution < 1.29 is 14.0 Å².